The Morgan fingerprint density at radius 2 is 0.946 bits per heavy atom. The molecule has 6 atom stereocenters. The Balaban J connectivity index is 2.27. The topological polar surface area (TPSA) is 192 Å². The van der Waals surface area contributed by atoms with Crippen molar-refractivity contribution < 1.29 is 58.3 Å². The standard InChI is InChI=1S/C43H83O12P/c1-3-5-7-9-11-12-13-14-15-16-17-18-19-20-21-22-23-24-25-27-29-31-33-52-34-36(54-37(44)32-30-28-26-10-8-6-4-2)35-53-56(50,51)55-43-41(48)39(46)38(45)40(47)42(43)49/h16-17,36,38-43,45-49H,3-15,18-35H2,1-2H3,(H,50,51)/b17-16-. The molecule has 1 fully saturated rings. The Kier molecular flexibility index (Phi) is 33.1. The molecular weight excluding hydrogens is 739 g/mol. The van der Waals surface area contributed by atoms with Gasteiger partial charge >= 0.3 is 13.8 Å². The van der Waals surface area contributed by atoms with Gasteiger partial charge in [0.1, 0.15) is 42.7 Å². The fraction of sp³-hybridized carbons (Fsp3) is 0.930. The van der Waals surface area contributed by atoms with E-state index >= 15 is 0 Å². The van der Waals surface area contributed by atoms with E-state index in [0.29, 0.717) is 13.0 Å². The molecule has 1 aliphatic rings. The zero-order valence-electron chi connectivity index (χ0n) is 35.2. The van der Waals surface area contributed by atoms with Crippen LogP contribution in [0.4, 0.5) is 0 Å². The minimum atomic E-state index is -5.00. The molecule has 6 N–H and O–H groups in total. The number of esters is 1. The van der Waals surface area contributed by atoms with Crippen molar-refractivity contribution in [2.75, 3.05) is 19.8 Å². The summed E-state index contributed by atoms with van der Waals surface area (Å²) in [6, 6.07) is 0. The van der Waals surface area contributed by atoms with E-state index in [2.05, 4.69) is 26.0 Å². The van der Waals surface area contributed by atoms with Gasteiger partial charge in [0.25, 0.3) is 0 Å². The lowest BCUT2D eigenvalue weighted by molar-refractivity contribution is -0.220. The van der Waals surface area contributed by atoms with Gasteiger partial charge < -0.3 is 39.9 Å². The van der Waals surface area contributed by atoms with E-state index < -0.39 is 63.1 Å². The van der Waals surface area contributed by atoms with Gasteiger partial charge in [-0.15, -0.1) is 0 Å². The van der Waals surface area contributed by atoms with Crippen LogP contribution < -0.4 is 0 Å². The molecule has 0 aromatic carbocycles. The quantitative estimate of drug-likeness (QED) is 0.0150. The third kappa shape index (κ3) is 27.0. The smallest absolute Gasteiger partial charge is 0.457 e. The van der Waals surface area contributed by atoms with Crippen LogP contribution in [-0.2, 0) is 27.9 Å². The molecule has 0 aromatic heterocycles. The fourth-order valence-electron chi connectivity index (χ4n) is 7.00. The third-order valence-corrected chi connectivity index (χ3v) is 11.6. The Bertz CT molecular complexity index is 984. The zero-order chi connectivity index (χ0) is 41.3. The van der Waals surface area contributed by atoms with Crippen LogP contribution in [0.5, 0.6) is 0 Å². The SMILES string of the molecule is CCCCCCCCCC/C=C\CCCCCCCCCCCCOCC(COP(=O)(O)OC1C(O)C(O)C(O)C(O)C1O)OC(=O)CCCCCCCCC. The minimum Gasteiger partial charge on any atom is -0.457 e. The molecule has 1 saturated carbocycles. The monoisotopic (exact) mass is 823 g/mol. The number of rotatable bonds is 38. The third-order valence-electron chi connectivity index (χ3n) is 10.6. The first kappa shape index (κ1) is 53.1. The maximum absolute atomic E-state index is 12.7. The van der Waals surface area contributed by atoms with Crippen LogP contribution in [0.2, 0.25) is 0 Å². The van der Waals surface area contributed by atoms with Crippen LogP contribution in [0.25, 0.3) is 0 Å². The van der Waals surface area contributed by atoms with Crippen molar-refractivity contribution in [1.82, 2.24) is 0 Å². The molecule has 0 aliphatic heterocycles. The fourth-order valence-corrected chi connectivity index (χ4v) is 7.97. The molecule has 0 saturated heterocycles. The Hall–Kier alpha value is -0.920. The molecule has 13 heteroatoms. The largest absolute Gasteiger partial charge is 0.472 e. The number of phosphoric acid groups is 1. The van der Waals surface area contributed by atoms with Crippen LogP contribution in [0.1, 0.15) is 194 Å². The molecule has 0 spiro atoms. The minimum absolute atomic E-state index is 0.0733. The van der Waals surface area contributed by atoms with E-state index in [-0.39, 0.29) is 13.0 Å². The molecule has 1 aliphatic carbocycles. The van der Waals surface area contributed by atoms with E-state index in [9.17, 15) is 39.8 Å². The molecular formula is C43H83O12P. The van der Waals surface area contributed by atoms with Gasteiger partial charge in [-0.1, -0.05) is 161 Å². The van der Waals surface area contributed by atoms with Crippen molar-refractivity contribution in [3.63, 3.8) is 0 Å². The molecule has 0 bridgehead atoms. The lowest BCUT2D eigenvalue weighted by Gasteiger charge is -2.41. The summed E-state index contributed by atoms with van der Waals surface area (Å²) in [4.78, 5) is 22.9. The number of aliphatic hydroxyl groups excluding tert-OH is 5. The Morgan fingerprint density at radius 1 is 0.554 bits per heavy atom. The average Bonchev–Trinajstić information content (AvgIpc) is 3.18. The van der Waals surface area contributed by atoms with E-state index in [1.807, 2.05) is 0 Å². The van der Waals surface area contributed by atoms with Crippen molar-refractivity contribution in [2.45, 2.75) is 236 Å². The van der Waals surface area contributed by atoms with Gasteiger partial charge in [0.15, 0.2) is 0 Å². The van der Waals surface area contributed by atoms with Gasteiger partial charge in [-0.2, -0.15) is 0 Å². The number of carbonyl (C=O) groups is 1. The summed E-state index contributed by atoms with van der Waals surface area (Å²) in [5.41, 5.74) is 0. The van der Waals surface area contributed by atoms with Crippen LogP contribution in [-0.4, -0.2) is 98.9 Å². The summed E-state index contributed by atoms with van der Waals surface area (Å²) in [5.74, 6) is -0.482. The summed E-state index contributed by atoms with van der Waals surface area (Å²) in [6.45, 7) is 4.20. The first-order valence-corrected chi connectivity index (χ1v) is 24.0. The molecule has 332 valence electrons. The van der Waals surface area contributed by atoms with Crippen molar-refractivity contribution in [3.05, 3.63) is 12.2 Å². The highest BCUT2D eigenvalue weighted by molar-refractivity contribution is 7.47. The average molecular weight is 823 g/mol. The van der Waals surface area contributed by atoms with Gasteiger partial charge in [-0.3, -0.25) is 13.8 Å². The molecule has 0 aromatic rings. The second-order valence-corrected chi connectivity index (χ2v) is 17.3. The van der Waals surface area contributed by atoms with Crippen LogP contribution in [0, 0.1) is 0 Å². The van der Waals surface area contributed by atoms with E-state index in [1.54, 1.807) is 0 Å². The van der Waals surface area contributed by atoms with Gasteiger partial charge in [0.2, 0.25) is 0 Å². The van der Waals surface area contributed by atoms with E-state index in [4.69, 9.17) is 18.5 Å². The maximum Gasteiger partial charge on any atom is 0.472 e. The number of allylic oxidation sites excluding steroid dienone is 2. The predicted molar refractivity (Wildman–Crippen MR) is 221 cm³/mol. The van der Waals surface area contributed by atoms with Gasteiger partial charge in [0.05, 0.1) is 13.2 Å². The Labute approximate surface area is 339 Å². The molecule has 1 rings (SSSR count). The molecule has 12 nitrogen and oxygen atoms in total. The second kappa shape index (κ2) is 34.9. The van der Waals surface area contributed by atoms with E-state index in [0.717, 1.165) is 44.9 Å². The van der Waals surface area contributed by atoms with E-state index in [1.165, 1.54) is 122 Å². The summed E-state index contributed by atoms with van der Waals surface area (Å²) in [6.07, 6.45) is 24.7. The van der Waals surface area contributed by atoms with Gasteiger partial charge in [0, 0.05) is 13.0 Å². The van der Waals surface area contributed by atoms with Crippen molar-refractivity contribution >= 4 is 13.8 Å². The highest BCUT2D eigenvalue weighted by Gasteiger charge is 2.51. The normalized spacial score (nSPS) is 23.1. The number of phosphoric ester groups is 1. The lowest BCUT2D eigenvalue weighted by atomic mass is 9.85. The first-order chi connectivity index (χ1) is 27.0. The summed E-state index contributed by atoms with van der Waals surface area (Å²) < 4.78 is 34.0. The number of hydrogen-bond donors (Lipinski definition) is 6. The molecule has 0 amide bonds. The van der Waals surface area contributed by atoms with Crippen molar-refractivity contribution in [3.8, 4) is 0 Å². The summed E-state index contributed by atoms with van der Waals surface area (Å²) in [5, 5.41) is 50.0. The number of carbonyl (C=O) groups excluding carboxylic acids is 1. The van der Waals surface area contributed by atoms with Gasteiger partial charge in [-0.05, 0) is 38.5 Å². The predicted octanol–water partition coefficient (Wildman–Crippen LogP) is 8.75. The number of aliphatic hydroxyl groups is 5. The zero-order valence-corrected chi connectivity index (χ0v) is 36.1. The molecule has 0 radical (unpaired) electrons. The molecule has 56 heavy (non-hydrogen) atoms. The highest BCUT2D eigenvalue weighted by atomic mass is 31.2. The highest BCUT2D eigenvalue weighted by Crippen LogP contribution is 2.47. The Morgan fingerprint density at radius 3 is 1.41 bits per heavy atom. The number of unbranched alkanes of at least 4 members (excludes halogenated alkanes) is 24. The van der Waals surface area contributed by atoms with Crippen molar-refractivity contribution in [2.24, 2.45) is 0 Å². The van der Waals surface area contributed by atoms with Crippen molar-refractivity contribution in [1.29, 1.82) is 0 Å². The molecule has 0 heterocycles. The summed E-state index contributed by atoms with van der Waals surface area (Å²) in [7, 11) is -5.00. The maximum atomic E-state index is 12.7. The van der Waals surface area contributed by atoms with Crippen LogP contribution in [0.15, 0.2) is 12.2 Å². The van der Waals surface area contributed by atoms with Crippen LogP contribution >= 0.6 is 7.82 Å². The second-order valence-electron chi connectivity index (χ2n) is 15.9. The lowest BCUT2D eigenvalue weighted by Crippen LogP contribution is -2.64. The van der Waals surface area contributed by atoms with Gasteiger partial charge in [-0.25, -0.2) is 4.57 Å². The number of ether oxygens (including phenoxy) is 2. The van der Waals surface area contributed by atoms with Crippen LogP contribution in [0.3, 0.4) is 0 Å². The summed E-state index contributed by atoms with van der Waals surface area (Å²) >= 11 is 0. The first-order valence-electron chi connectivity index (χ1n) is 22.5. The molecule has 6 unspecified atom stereocenters. The number of hydrogen-bond acceptors (Lipinski definition) is 11.